The first-order valence-electron chi connectivity index (χ1n) is 6.35. The third-order valence-corrected chi connectivity index (χ3v) is 2.67. The van der Waals surface area contributed by atoms with E-state index in [1.54, 1.807) is 20.8 Å². The number of hydrogen-bond acceptors (Lipinski definition) is 4. The van der Waals surface area contributed by atoms with Crippen molar-refractivity contribution in [3.63, 3.8) is 0 Å². The van der Waals surface area contributed by atoms with Crippen LogP contribution >= 0.6 is 0 Å². The van der Waals surface area contributed by atoms with Gasteiger partial charge < -0.3 is 21.5 Å². The molecule has 5 N–H and O–H groups in total. The Hall–Kier alpha value is -1.63. The van der Waals surface area contributed by atoms with Crippen LogP contribution in [0.25, 0.3) is 0 Å². The van der Waals surface area contributed by atoms with Crippen molar-refractivity contribution in [3.8, 4) is 0 Å². The molecule has 0 heterocycles. The minimum Gasteiger partial charge on any atom is -0.480 e. The van der Waals surface area contributed by atoms with Gasteiger partial charge in [-0.15, -0.1) is 0 Å². The summed E-state index contributed by atoms with van der Waals surface area (Å²) in [4.78, 5) is 33.9. The minimum atomic E-state index is -1.17. The molecule has 0 radical (unpaired) electrons. The highest BCUT2D eigenvalue weighted by Crippen LogP contribution is 2.02. The van der Waals surface area contributed by atoms with Crippen molar-refractivity contribution in [1.29, 1.82) is 0 Å². The second-order valence-corrected chi connectivity index (χ2v) is 4.66. The Morgan fingerprint density at radius 2 is 1.84 bits per heavy atom. The summed E-state index contributed by atoms with van der Waals surface area (Å²) in [5, 5.41) is 13.9. The van der Waals surface area contributed by atoms with Crippen molar-refractivity contribution in [3.05, 3.63) is 0 Å². The number of carboxylic acids is 1. The van der Waals surface area contributed by atoms with Crippen molar-refractivity contribution in [2.75, 3.05) is 6.54 Å². The van der Waals surface area contributed by atoms with E-state index in [4.69, 9.17) is 10.8 Å². The third kappa shape index (κ3) is 6.76. The topological polar surface area (TPSA) is 122 Å². The molecule has 0 aliphatic rings. The van der Waals surface area contributed by atoms with E-state index in [1.807, 2.05) is 0 Å². The molecule has 0 rings (SSSR count). The molecule has 0 aromatic carbocycles. The first kappa shape index (κ1) is 17.4. The van der Waals surface area contributed by atoms with E-state index in [0.29, 0.717) is 6.54 Å². The lowest BCUT2D eigenvalue weighted by Gasteiger charge is -2.19. The number of carbonyl (C=O) groups excluding carboxylic acids is 2. The van der Waals surface area contributed by atoms with Gasteiger partial charge in [-0.1, -0.05) is 13.8 Å². The average Bonchev–Trinajstić information content (AvgIpc) is 2.32. The van der Waals surface area contributed by atoms with Gasteiger partial charge in [-0.05, 0) is 19.3 Å². The Morgan fingerprint density at radius 3 is 2.26 bits per heavy atom. The molecule has 0 aliphatic carbocycles. The molecule has 0 aliphatic heterocycles. The monoisotopic (exact) mass is 273 g/mol. The maximum absolute atomic E-state index is 11.7. The van der Waals surface area contributed by atoms with Crippen molar-refractivity contribution >= 4 is 17.8 Å². The highest BCUT2D eigenvalue weighted by atomic mass is 16.4. The predicted molar refractivity (Wildman–Crippen MR) is 70.3 cm³/mol. The van der Waals surface area contributed by atoms with Gasteiger partial charge in [0.25, 0.3) is 0 Å². The molecule has 7 nitrogen and oxygen atoms in total. The Labute approximate surface area is 112 Å². The fourth-order valence-electron chi connectivity index (χ4n) is 1.39. The summed E-state index contributed by atoms with van der Waals surface area (Å²) >= 11 is 0. The maximum Gasteiger partial charge on any atom is 0.326 e. The van der Waals surface area contributed by atoms with Crippen LogP contribution in [-0.4, -0.2) is 41.5 Å². The molecular formula is C12H23N3O4. The number of nitrogens with one attached hydrogen (secondary N) is 2. The lowest BCUT2D eigenvalue weighted by Crippen LogP contribution is -2.50. The molecule has 0 saturated carbocycles. The van der Waals surface area contributed by atoms with Crippen molar-refractivity contribution in [2.45, 2.75) is 45.7 Å². The number of hydrogen-bond donors (Lipinski definition) is 4. The zero-order valence-electron chi connectivity index (χ0n) is 11.6. The van der Waals surface area contributed by atoms with Gasteiger partial charge >= 0.3 is 5.97 Å². The SMILES string of the molecule is CCNC(=O)CC[C@H](NC(=O)[C@@H](N)C(C)C)C(=O)O. The van der Waals surface area contributed by atoms with E-state index in [1.165, 1.54) is 0 Å². The van der Waals surface area contributed by atoms with E-state index in [2.05, 4.69) is 10.6 Å². The second kappa shape index (κ2) is 8.47. The highest BCUT2D eigenvalue weighted by Gasteiger charge is 2.25. The lowest BCUT2D eigenvalue weighted by atomic mass is 10.0. The number of amides is 2. The zero-order chi connectivity index (χ0) is 15.0. The summed E-state index contributed by atoms with van der Waals surface area (Å²) < 4.78 is 0. The fourth-order valence-corrected chi connectivity index (χ4v) is 1.39. The largest absolute Gasteiger partial charge is 0.480 e. The first-order valence-corrected chi connectivity index (χ1v) is 6.35. The number of aliphatic carboxylic acids is 1. The minimum absolute atomic E-state index is 0.0394. The molecule has 0 bridgehead atoms. The van der Waals surface area contributed by atoms with Gasteiger partial charge in [0.05, 0.1) is 6.04 Å². The zero-order valence-corrected chi connectivity index (χ0v) is 11.6. The Morgan fingerprint density at radius 1 is 1.26 bits per heavy atom. The third-order valence-electron chi connectivity index (χ3n) is 2.67. The summed E-state index contributed by atoms with van der Waals surface area (Å²) in [6, 6.07) is -1.86. The lowest BCUT2D eigenvalue weighted by molar-refractivity contribution is -0.142. The molecule has 0 fully saturated rings. The molecule has 110 valence electrons. The van der Waals surface area contributed by atoms with E-state index in [-0.39, 0.29) is 24.7 Å². The number of nitrogens with two attached hydrogens (primary N) is 1. The fraction of sp³-hybridized carbons (Fsp3) is 0.750. The van der Waals surface area contributed by atoms with Gasteiger partial charge in [0.2, 0.25) is 11.8 Å². The molecule has 2 amide bonds. The van der Waals surface area contributed by atoms with Gasteiger partial charge in [0.15, 0.2) is 0 Å². The molecule has 2 atom stereocenters. The molecule has 0 unspecified atom stereocenters. The van der Waals surface area contributed by atoms with E-state index < -0.39 is 24.0 Å². The van der Waals surface area contributed by atoms with Crippen LogP contribution in [0.5, 0.6) is 0 Å². The van der Waals surface area contributed by atoms with E-state index in [0.717, 1.165) is 0 Å². The van der Waals surface area contributed by atoms with Gasteiger partial charge in [-0.2, -0.15) is 0 Å². The summed E-state index contributed by atoms with van der Waals surface area (Å²) in [7, 11) is 0. The van der Waals surface area contributed by atoms with E-state index in [9.17, 15) is 14.4 Å². The van der Waals surface area contributed by atoms with Crippen LogP contribution in [-0.2, 0) is 14.4 Å². The van der Waals surface area contributed by atoms with Crippen molar-refractivity contribution in [1.82, 2.24) is 10.6 Å². The van der Waals surface area contributed by atoms with E-state index >= 15 is 0 Å². The normalized spacial score (nSPS) is 13.7. The quantitative estimate of drug-likeness (QED) is 0.473. The van der Waals surface area contributed by atoms with Gasteiger partial charge in [0, 0.05) is 13.0 Å². The second-order valence-electron chi connectivity index (χ2n) is 4.66. The van der Waals surface area contributed by atoms with Crippen LogP contribution in [0.1, 0.15) is 33.6 Å². The maximum atomic E-state index is 11.7. The highest BCUT2D eigenvalue weighted by molar-refractivity contribution is 5.87. The molecule has 0 spiro atoms. The summed E-state index contributed by atoms with van der Waals surface area (Å²) in [6.07, 6.45) is 0.0831. The number of rotatable bonds is 8. The van der Waals surface area contributed by atoms with Crippen LogP contribution in [0, 0.1) is 5.92 Å². The Balaban J connectivity index is 4.38. The number of carboxylic acid groups (broad SMARTS) is 1. The summed E-state index contributed by atoms with van der Waals surface area (Å²) in [6.45, 7) is 5.81. The van der Waals surface area contributed by atoms with Gasteiger partial charge in [-0.3, -0.25) is 9.59 Å². The molecule has 0 aromatic heterocycles. The number of carbonyl (C=O) groups is 3. The Bertz CT molecular complexity index is 331. The molecule has 7 heteroatoms. The summed E-state index contributed by atoms with van der Waals surface area (Å²) in [5.74, 6) is -2.01. The van der Waals surface area contributed by atoms with Crippen LogP contribution < -0.4 is 16.4 Å². The van der Waals surface area contributed by atoms with Crippen LogP contribution in [0.4, 0.5) is 0 Å². The van der Waals surface area contributed by atoms with Crippen molar-refractivity contribution in [2.24, 2.45) is 11.7 Å². The van der Waals surface area contributed by atoms with Crippen LogP contribution in [0.15, 0.2) is 0 Å². The van der Waals surface area contributed by atoms with Gasteiger partial charge in [0.1, 0.15) is 6.04 Å². The molecular weight excluding hydrogens is 250 g/mol. The standard InChI is InChI=1S/C12H23N3O4/c1-4-14-9(16)6-5-8(12(18)19)15-11(17)10(13)7(2)3/h7-8,10H,4-6,13H2,1-3H3,(H,14,16)(H,15,17)(H,18,19)/t8-,10-/m0/s1. The van der Waals surface area contributed by atoms with Crippen LogP contribution in [0.3, 0.4) is 0 Å². The Kier molecular flexibility index (Phi) is 7.74. The molecule has 0 saturated heterocycles. The molecule has 19 heavy (non-hydrogen) atoms. The molecule has 0 aromatic rings. The smallest absolute Gasteiger partial charge is 0.326 e. The van der Waals surface area contributed by atoms with Crippen LogP contribution in [0.2, 0.25) is 0 Å². The average molecular weight is 273 g/mol. The first-order chi connectivity index (χ1) is 8.79. The summed E-state index contributed by atoms with van der Waals surface area (Å²) in [5.41, 5.74) is 5.63. The van der Waals surface area contributed by atoms with Gasteiger partial charge in [-0.25, -0.2) is 4.79 Å². The van der Waals surface area contributed by atoms with Crippen molar-refractivity contribution < 1.29 is 19.5 Å². The predicted octanol–water partition coefficient (Wildman–Crippen LogP) is -0.545.